The fraction of sp³-hybridized carbons (Fsp3) is 0.333. The van der Waals surface area contributed by atoms with Crippen LogP contribution in [0.1, 0.15) is 31.9 Å². The van der Waals surface area contributed by atoms with Gasteiger partial charge in [-0.1, -0.05) is 29.8 Å². The molecule has 19 heavy (non-hydrogen) atoms. The molecule has 0 atom stereocenters. The zero-order chi connectivity index (χ0) is 14.4. The third kappa shape index (κ3) is 5.38. The lowest BCUT2D eigenvalue weighted by molar-refractivity contribution is -0.177. The SMILES string of the molecule is CC(=O)OC(OC(C)=O)C(C)=Cc1ccc(C)cc1. The normalized spacial score (nSPS) is 11.3. The number of aryl methyl sites for hydroxylation is 1. The average molecular weight is 262 g/mol. The first-order valence-electron chi connectivity index (χ1n) is 5.98. The summed E-state index contributed by atoms with van der Waals surface area (Å²) in [5.41, 5.74) is 2.76. The standard InChI is InChI=1S/C15H18O4/c1-10-5-7-14(8-6-10)9-11(2)15(18-12(3)16)19-13(4)17/h5-9,15H,1-4H3. The molecule has 0 aliphatic rings. The smallest absolute Gasteiger partial charge is 0.305 e. The Morgan fingerprint density at radius 2 is 1.47 bits per heavy atom. The van der Waals surface area contributed by atoms with Gasteiger partial charge in [-0.3, -0.25) is 9.59 Å². The zero-order valence-corrected chi connectivity index (χ0v) is 11.6. The van der Waals surface area contributed by atoms with Crippen LogP contribution in [-0.2, 0) is 19.1 Å². The van der Waals surface area contributed by atoms with Crippen LogP contribution in [0.5, 0.6) is 0 Å². The second kappa shape index (κ2) is 6.73. The van der Waals surface area contributed by atoms with Crippen LogP contribution in [0.15, 0.2) is 29.8 Å². The lowest BCUT2D eigenvalue weighted by atomic mass is 10.1. The first kappa shape index (κ1) is 15.0. The van der Waals surface area contributed by atoms with Crippen LogP contribution < -0.4 is 0 Å². The molecule has 0 unspecified atom stereocenters. The van der Waals surface area contributed by atoms with Gasteiger partial charge in [0, 0.05) is 19.4 Å². The van der Waals surface area contributed by atoms with Crippen molar-refractivity contribution < 1.29 is 19.1 Å². The Balaban J connectivity index is 2.90. The molecule has 0 saturated heterocycles. The van der Waals surface area contributed by atoms with E-state index in [9.17, 15) is 9.59 Å². The van der Waals surface area contributed by atoms with Crippen molar-refractivity contribution in [1.82, 2.24) is 0 Å². The minimum atomic E-state index is -0.976. The minimum absolute atomic E-state index is 0.497. The summed E-state index contributed by atoms with van der Waals surface area (Å²) >= 11 is 0. The van der Waals surface area contributed by atoms with Gasteiger partial charge < -0.3 is 9.47 Å². The van der Waals surface area contributed by atoms with E-state index in [0.29, 0.717) is 5.57 Å². The van der Waals surface area contributed by atoms with E-state index in [2.05, 4.69) is 0 Å². The summed E-state index contributed by atoms with van der Waals surface area (Å²) < 4.78 is 9.94. The van der Waals surface area contributed by atoms with Gasteiger partial charge in [-0.15, -0.1) is 0 Å². The molecule has 0 radical (unpaired) electrons. The van der Waals surface area contributed by atoms with Gasteiger partial charge in [0.2, 0.25) is 0 Å². The van der Waals surface area contributed by atoms with Gasteiger partial charge in [0.15, 0.2) is 0 Å². The molecule has 0 saturated carbocycles. The molecule has 0 amide bonds. The third-order valence-corrected chi connectivity index (χ3v) is 2.39. The molecule has 0 heterocycles. The lowest BCUT2D eigenvalue weighted by Gasteiger charge is -2.17. The molecule has 0 spiro atoms. The molecule has 4 nitrogen and oxygen atoms in total. The first-order valence-corrected chi connectivity index (χ1v) is 5.98. The van der Waals surface area contributed by atoms with Crippen LogP contribution in [0.25, 0.3) is 6.08 Å². The predicted octanol–water partition coefficient (Wildman–Crippen LogP) is 2.85. The lowest BCUT2D eigenvalue weighted by Crippen LogP contribution is -2.23. The maximum Gasteiger partial charge on any atom is 0.305 e. The molecule has 0 N–H and O–H groups in total. The van der Waals surface area contributed by atoms with Gasteiger partial charge in [-0.2, -0.15) is 0 Å². The van der Waals surface area contributed by atoms with Crippen LogP contribution >= 0.6 is 0 Å². The van der Waals surface area contributed by atoms with Crippen molar-refractivity contribution >= 4 is 18.0 Å². The van der Waals surface area contributed by atoms with Crippen molar-refractivity contribution in [3.63, 3.8) is 0 Å². The Bertz CT molecular complexity index is 469. The molecule has 1 aromatic rings. The Morgan fingerprint density at radius 3 is 1.89 bits per heavy atom. The van der Waals surface area contributed by atoms with Crippen LogP contribution in [0, 0.1) is 6.92 Å². The van der Waals surface area contributed by atoms with Crippen molar-refractivity contribution in [2.45, 2.75) is 34.0 Å². The summed E-state index contributed by atoms with van der Waals surface area (Å²) in [5, 5.41) is 0. The van der Waals surface area contributed by atoms with Crippen LogP contribution in [-0.4, -0.2) is 18.2 Å². The third-order valence-electron chi connectivity index (χ3n) is 2.39. The van der Waals surface area contributed by atoms with Gasteiger partial charge >= 0.3 is 11.9 Å². The molecule has 1 rings (SSSR count). The molecule has 1 aromatic carbocycles. The van der Waals surface area contributed by atoms with E-state index >= 15 is 0 Å². The number of ether oxygens (including phenoxy) is 2. The quantitative estimate of drug-likeness (QED) is 0.618. The number of hydrogen-bond acceptors (Lipinski definition) is 4. The summed E-state index contributed by atoms with van der Waals surface area (Å²) in [7, 11) is 0. The molecular formula is C15H18O4. The van der Waals surface area contributed by atoms with Gasteiger partial charge in [0.25, 0.3) is 6.29 Å². The predicted molar refractivity (Wildman–Crippen MR) is 72.2 cm³/mol. The van der Waals surface area contributed by atoms with E-state index in [1.54, 1.807) is 6.92 Å². The average Bonchev–Trinajstić information content (AvgIpc) is 2.30. The van der Waals surface area contributed by atoms with Crippen LogP contribution in [0.2, 0.25) is 0 Å². The van der Waals surface area contributed by atoms with Crippen molar-refractivity contribution in [1.29, 1.82) is 0 Å². The molecule has 0 aliphatic heterocycles. The van der Waals surface area contributed by atoms with Crippen LogP contribution in [0.3, 0.4) is 0 Å². The molecule has 4 heteroatoms. The van der Waals surface area contributed by atoms with Gasteiger partial charge in [-0.25, -0.2) is 0 Å². The number of carbonyl (C=O) groups is 2. The van der Waals surface area contributed by atoms with E-state index in [1.165, 1.54) is 13.8 Å². The van der Waals surface area contributed by atoms with Gasteiger partial charge in [0.05, 0.1) is 0 Å². The monoisotopic (exact) mass is 262 g/mol. The summed E-state index contributed by atoms with van der Waals surface area (Å²) in [6.45, 7) is 6.29. The molecule has 0 aliphatic carbocycles. The van der Waals surface area contributed by atoms with E-state index in [0.717, 1.165) is 11.1 Å². The molecule has 102 valence electrons. The van der Waals surface area contributed by atoms with Crippen molar-refractivity contribution in [2.24, 2.45) is 0 Å². The highest BCUT2D eigenvalue weighted by molar-refractivity contribution is 5.69. The summed E-state index contributed by atoms with van der Waals surface area (Å²) in [6, 6.07) is 7.84. The molecule has 0 bridgehead atoms. The summed E-state index contributed by atoms with van der Waals surface area (Å²) in [5.74, 6) is -0.995. The number of carbonyl (C=O) groups excluding carboxylic acids is 2. The van der Waals surface area contributed by atoms with Gasteiger partial charge in [0.1, 0.15) is 0 Å². The van der Waals surface area contributed by atoms with E-state index < -0.39 is 18.2 Å². The maximum absolute atomic E-state index is 11.0. The Hall–Kier alpha value is -2.10. The second-order valence-corrected chi connectivity index (χ2v) is 4.35. The highest BCUT2D eigenvalue weighted by Gasteiger charge is 2.17. The fourth-order valence-corrected chi connectivity index (χ4v) is 1.51. The highest BCUT2D eigenvalue weighted by Crippen LogP contribution is 2.14. The van der Waals surface area contributed by atoms with Crippen molar-refractivity contribution in [3.05, 3.63) is 41.0 Å². The maximum atomic E-state index is 11.0. The zero-order valence-electron chi connectivity index (χ0n) is 11.6. The Morgan fingerprint density at radius 1 is 1.00 bits per heavy atom. The highest BCUT2D eigenvalue weighted by atomic mass is 16.7. The first-order chi connectivity index (χ1) is 8.88. The second-order valence-electron chi connectivity index (χ2n) is 4.35. The van der Waals surface area contributed by atoms with Crippen molar-refractivity contribution in [3.8, 4) is 0 Å². The van der Waals surface area contributed by atoms with E-state index in [-0.39, 0.29) is 0 Å². The van der Waals surface area contributed by atoms with E-state index in [4.69, 9.17) is 9.47 Å². The Kier molecular flexibility index (Phi) is 5.30. The van der Waals surface area contributed by atoms with Crippen LogP contribution in [0.4, 0.5) is 0 Å². The topological polar surface area (TPSA) is 52.6 Å². The molecule has 0 fully saturated rings. The number of benzene rings is 1. The summed E-state index contributed by atoms with van der Waals surface area (Å²) in [6.07, 6.45) is 0.840. The number of hydrogen-bond donors (Lipinski definition) is 0. The molecular weight excluding hydrogens is 244 g/mol. The fourth-order valence-electron chi connectivity index (χ4n) is 1.51. The largest absolute Gasteiger partial charge is 0.421 e. The van der Waals surface area contributed by atoms with Crippen molar-refractivity contribution in [2.75, 3.05) is 0 Å². The number of esters is 2. The number of rotatable bonds is 4. The molecule has 0 aromatic heterocycles. The Labute approximate surface area is 113 Å². The minimum Gasteiger partial charge on any atom is -0.421 e. The van der Waals surface area contributed by atoms with E-state index in [1.807, 2.05) is 37.3 Å². The van der Waals surface area contributed by atoms with Gasteiger partial charge in [-0.05, 0) is 25.5 Å². The summed E-state index contributed by atoms with van der Waals surface area (Å²) in [4.78, 5) is 22.0.